The van der Waals surface area contributed by atoms with E-state index in [-0.39, 0.29) is 5.91 Å². The number of benzene rings is 2. The van der Waals surface area contributed by atoms with Crippen LogP contribution >= 0.6 is 0 Å². The highest BCUT2D eigenvalue weighted by atomic mass is 16.5. The van der Waals surface area contributed by atoms with Gasteiger partial charge in [0.05, 0.1) is 23.0 Å². The first-order chi connectivity index (χ1) is 15.4. The normalized spacial score (nSPS) is 10.4. The summed E-state index contributed by atoms with van der Waals surface area (Å²) < 4.78 is 5.94. The average Bonchev–Trinajstić information content (AvgIpc) is 2.77. The van der Waals surface area contributed by atoms with E-state index in [0.29, 0.717) is 34.0 Å². The number of anilines is 3. The topological polar surface area (TPSA) is 99.9 Å². The number of pyridine rings is 2. The Bertz CT molecular complexity index is 1360. The number of ether oxygens (including phenoxy) is 1. The van der Waals surface area contributed by atoms with Crippen molar-refractivity contribution in [3.63, 3.8) is 0 Å². The molecule has 0 bridgehead atoms. The van der Waals surface area contributed by atoms with Gasteiger partial charge in [0, 0.05) is 35.6 Å². The Hall–Kier alpha value is -4.44. The predicted molar refractivity (Wildman–Crippen MR) is 124 cm³/mol. The second kappa shape index (κ2) is 8.74. The molecule has 2 heterocycles. The van der Waals surface area contributed by atoms with Crippen molar-refractivity contribution in [3.05, 3.63) is 77.7 Å². The Balaban J connectivity index is 1.67. The fraction of sp³-hybridized carbons (Fsp3) is 0.120. The number of amides is 1. The lowest BCUT2D eigenvalue weighted by Gasteiger charge is -2.15. The summed E-state index contributed by atoms with van der Waals surface area (Å²) in [7, 11) is 0. The lowest BCUT2D eigenvalue weighted by atomic mass is 10.1. The van der Waals surface area contributed by atoms with Crippen LogP contribution in [-0.2, 0) is 4.79 Å². The quantitative estimate of drug-likeness (QED) is 0.433. The Labute approximate surface area is 185 Å². The SMILES string of the molecule is CC(=O)Nc1ccc2ncc(C#N)c(Nc3ccc(Oc4ccc(C)nc4)c(C)c3)c2c1. The van der Waals surface area contributed by atoms with Crippen LogP contribution in [0, 0.1) is 25.2 Å². The molecular formula is C25H21N5O2. The summed E-state index contributed by atoms with van der Waals surface area (Å²) in [6.07, 6.45) is 3.23. The zero-order chi connectivity index (χ0) is 22.7. The number of aromatic nitrogens is 2. The summed E-state index contributed by atoms with van der Waals surface area (Å²) in [5.41, 5.74) is 5.02. The first-order valence-electron chi connectivity index (χ1n) is 10.0. The van der Waals surface area contributed by atoms with Gasteiger partial charge in [-0.1, -0.05) is 0 Å². The van der Waals surface area contributed by atoms with Crippen LogP contribution < -0.4 is 15.4 Å². The molecule has 0 unspecified atom stereocenters. The van der Waals surface area contributed by atoms with Crippen LogP contribution in [0.25, 0.3) is 10.9 Å². The summed E-state index contributed by atoms with van der Waals surface area (Å²) in [6, 6.07) is 17.1. The molecule has 2 N–H and O–H groups in total. The Morgan fingerprint density at radius 2 is 1.81 bits per heavy atom. The lowest BCUT2D eigenvalue weighted by molar-refractivity contribution is -0.114. The van der Waals surface area contributed by atoms with E-state index in [2.05, 4.69) is 26.7 Å². The zero-order valence-corrected chi connectivity index (χ0v) is 17.9. The molecule has 0 spiro atoms. The number of nitrogens with one attached hydrogen (secondary N) is 2. The molecule has 0 fully saturated rings. The monoisotopic (exact) mass is 423 g/mol. The molecule has 1 amide bonds. The Kier molecular flexibility index (Phi) is 5.69. The lowest BCUT2D eigenvalue weighted by Crippen LogP contribution is -2.06. The van der Waals surface area contributed by atoms with Gasteiger partial charge in [-0.25, -0.2) is 0 Å². The number of fused-ring (bicyclic) bond motifs is 1. The molecule has 7 nitrogen and oxygen atoms in total. The number of hydrogen-bond donors (Lipinski definition) is 2. The van der Waals surface area contributed by atoms with Crippen molar-refractivity contribution in [2.75, 3.05) is 10.6 Å². The number of hydrogen-bond acceptors (Lipinski definition) is 6. The Morgan fingerprint density at radius 3 is 2.50 bits per heavy atom. The van der Waals surface area contributed by atoms with Crippen molar-refractivity contribution >= 4 is 33.9 Å². The van der Waals surface area contributed by atoms with E-state index in [1.807, 2.05) is 56.3 Å². The molecule has 0 aliphatic carbocycles. The molecule has 0 radical (unpaired) electrons. The summed E-state index contributed by atoms with van der Waals surface area (Å²) >= 11 is 0. The largest absolute Gasteiger partial charge is 0.455 e. The van der Waals surface area contributed by atoms with Crippen LogP contribution in [0.3, 0.4) is 0 Å². The van der Waals surface area contributed by atoms with E-state index in [9.17, 15) is 10.1 Å². The third-order valence-corrected chi connectivity index (χ3v) is 4.87. The van der Waals surface area contributed by atoms with Crippen LogP contribution in [0.1, 0.15) is 23.7 Å². The minimum absolute atomic E-state index is 0.168. The molecule has 0 saturated heterocycles. The molecule has 0 aliphatic rings. The van der Waals surface area contributed by atoms with Gasteiger partial charge in [0.2, 0.25) is 5.91 Å². The van der Waals surface area contributed by atoms with Crippen molar-refractivity contribution in [2.45, 2.75) is 20.8 Å². The van der Waals surface area contributed by atoms with Crippen LogP contribution in [0.15, 0.2) is 60.9 Å². The van der Waals surface area contributed by atoms with E-state index >= 15 is 0 Å². The number of nitriles is 1. The molecule has 0 saturated carbocycles. The average molecular weight is 423 g/mol. The number of aryl methyl sites for hydroxylation is 2. The third-order valence-electron chi connectivity index (χ3n) is 4.87. The summed E-state index contributed by atoms with van der Waals surface area (Å²) in [5, 5.41) is 16.5. The van der Waals surface area contributed by atoms with E-state index in [1.54, 1.807) is 12.3 Å². The number of rotatable bonds is 5. The molecule has 158 valence electrons. The summed E-state index contributed by atoms with van der Waals surface area (Å²) in [4.78, 5) is 20.1. The standard InChI is InChI=1S/C25H21N5O2/c1-15-10-19(6-9-24(15)32-21-7-4-16(2)27-14-21)30-25-18(12-26)13-28-23-8-5-20(11-22(23)25)29-17(3)31/h4-11,13-14H,1-3H3,(H,28,30)(H,29,31). The van der Waals surface area contributed by atoms with E-state index < -0.39 is 0 Å². The van der Waals surface area contributed by atoms with Gasteiger partial charge in [-0.05, 0) is 67.9 Å². The number of nitrogens with zero attached hydrogens (tertiary/aromatic N) is 3. The van der Waals surface area contributed by atoms with Gasteiger partial charge in [0.25, 0.3) is 0 Å². The second-order valence-electron chi connectivity index (χ2n) is 7.41. The van der Waals surface area contributed by atoms with Crippen molar-refractivity contribution in [1.82, 2.24) is 9.97 Å². The Morgan fingerprint density at radius 1 is 1.00 bits per heavy atom. The number of carbonyl (C=O) groups excluding carboxylic acids is 1. The van der Waals surface area contributed by atoms with Gasteiger partial charge >= 0.3 is 0 Å². The minimum atomic E-state index is -0.168. The molecule has 2 aromatic carbocycles. The fourth-order valence-corrected chi connectivity index (χ4v) is 3.32. The molecule has 2 aromatic heterocycles. The van der Waals surface area contributed by atoms with Crippen molar-refractivity contribution in [3.8, 4) is 17.6 Å². The second-order valence-corrected chi connectivity index (χ2v) is 7.41. The van der Waals surface area contributed by atoms with Crippen molar-refractivity contribution < 1.29 is 9.53 Å². The molecule has 32 heavy (non-hydrogen) atoms. The van der Waals surface area contributed by atoms with Gasteiger partial charge in [0.1, 0.15) is 17.6 Å². The molecule has 0 aliphatic heterocycles. The van der Waals surface area contributed by atoms with Gasteiger partial charge in [-0.3, -0.25) is 14.8 Å². The first kappa shape index (κ1) is 20.8. The predicted octanol–water partition coefficient (Wildman–Crippen LogP) is 5.61. The highest BCUT2D eigenvalue weighted by Gasteiger charge is 2.12. The van der Waals surface area contributed by atoms with Crippen LogP contribution in [0.4, 0.5) is 17.1 Å². The van der Waals surface area contributed by atoms with E-state index in [0.717, 1.165) is 22.3 Å². The van der Waals surface area contributed by atoms with Gasteiger partial charge in [0.15, 0.2) is 0 Å². The molecular weight excluding hydrogens is 402 g/mol. The molecule has 7 heteroatoms. The highest BCUT2D eigenvalue weighted by Crippen LogP contribution is 2.33. The molecule has 0 atom stereocenters. The highest BCUT2D eigenvalue weighted by molar-refractivity contribution is 5.99. The zero-order valence-electron chi connectivity index (χ0n) is 17.9. The van der Waals surface area contributed by atoms with Gasteiger partial charge in [-0.2, -0.15) is 5.26 Å². The van der Waals surface area contributed by atoms with Crippen molar-refractivity contribution in [2.24, 2.45) is 0 Å². The maximum Gasteiger partial charge on any atom is 0.221 e. The smallest absolute Gasteiger partial charge is 0.221 e. The maximum absolute atomic E-state index is 11.5. The summed E-state index contributed by atoms with van der Waals surface area (Å²) in [5.74, 6) is 1.21. The van der Waals surface area contributed by atoms with Crippen LogP contribution in [0.5, 0.6) is 11.5 Å². The number of carbonyl (C=O) groups is 1. The molecule has 4 rings (SSSR count). The molecule has 4 aromatic rings. The van der Waals surface area contributed by atoms with E-state index in [1.165, 1.54) is 13.1 Å². The summed E-state index contributed by atoms with van der Waals surface area (Å²) in [6.45, 7) is 5.33. The fourth-order valence-electron chi connectivity index (χ4n) is 3.32. The van der Waals surface area contributed by atoms with Crippen molar-refractivity contribution in [1.29, 1.82) is 5.26 Å². The van der Waals surface area contributed by atoms with Crippen LogP contribution in [-0.4, -0.2) is 15.9 Å². The maximum atomic E-state index is 11.5. The minimum Gasteiger partial charge on any atom is -0.455 e. The van der Waals surface area contributed by atoms with Gasteiger partial charge < -0.3 is 15.4 Å². The van der Waals surface area contributed by atoms with E-state index in [4.69, 9.17) is 4.74 Å². The van der Waals surface area contributed by atoms with Gasteiger partial charge in [-0.15, -0.1) is 0 Å². The third kappa shape index (κ3) is 4.50. The van der Waals surface area contributed by atoms with Crippen LogP contribution in [0.2, 0.25) is 0 Å². The first-order valence-corrected chi connectivity index (χ1v) is 10.0.